The fourth-order valence-corrected chi connectivity index (χ4v) is 12.7. The predicted molar refractivity (Wildman–Crippen MR) is 308 cm³/mol. The molecular weight excluding hydrogens is 857 g/mol. The molecule has 1 spiro atoms. The standard InChI is InChI=1S/C64H122N2O2Si/c1-63(2,3)69(4,5)68-59-51-49-47-45-43-41-39-37-35-33-31-29-27-25-23-21-19-17-15-13-11-9-7-6-8-10-12-14-16-18-20-22-24-26-28-30-32-34-36-38-40-42-44-46-48-50-53-64(54-55-64)67-62(57-59)60-52-56-66-58-61(60)65/h52,56,58-59,62H,6-51,53-55,57,65H2,1-5H3. The summed E-state index contributed by atoms with van der Waals surface area (Å²) >= 11 is 0. The number of hydrogen-bond donors (Lipinski definition) is 1. The van der Waals surface area contributed by atoms with E-state index >= 15 is 0 Å². The van der Waals surface area contributed by atoms with E-state index in [9.17, 15) is 0 Å². The van der Waals surface area contributed by atoms with E-state index in [0.717, 1.165) is 24.1 Å². The van der Waals surface area contributed by atoms with Gasteiger partial charge in [-0.05, 0) is 49.9 Å². The molecule has 2 aliphatic rings. The van der Waals surface area contributed by atoms with Crippen molar-refractivity contribution >= 4 is 14.0 Å². The normalized spacial score (nSPS) is 25.1. The third-order valence-electron chi connectivity index (χ3n) is 17.3. The van der Waals surface area contributed by atoms with Gasteiger partial charge in [0.2, 0.25) is 0 Å². The minimum atomic E-state index is -1.97. The highest BCUT2D eigenvalue weighted by molar-refractivity contribution is 6.74. The van der Waals surface area contributed by atoms with E-state index < -0.39 is 8.32 Å². The highest BCUT2D eigenvalue weighted by Crippen LogP contribution is 2.49. The number of hydrogen-bond acceptors (Lipinski definition) is 4. The average molecular weight is 980 g/mol. The van der Waals surface area contributed by atoms with Gasteiger partial charge in [-0.1, -0.05) is 310 Å². The van der Waals surface area contributed by atoms with Crippen LogP contribution in [0.3, 0.4) is 0 Å². The molecule has 2 N–H and O–H groups in total. The molecule has 2 unspecified atom stereocenters. The fourth-order valence-electron chi connectivity index (χ4n) is 11.3. The number of anilines is 1. The molecular formula is C64H122N2O2Si. The first-order valence-corrected chi connectivity index (χ1v) is 34.6. The molecule has 2 atom stereocenters. The van der Waals surface area contributed by atoms with Crippen molar-refractivity contribution in [3.05, 3.63) is 24.0 Å². The lowest BCUT2D eigenvalue weighted by Gasteiger charge is -2.40. The molecule has 0 aromatic carbocycles. The largest absolute Gasteiger partial charge is 0.414 e. The molecule has 1 aromatic rings. The van der Waals surface area contributed by atoms with Gasteiger partial charge in [-0.15, -0.1) is 0 Å². The Hall–Kier alpha value is -0.913. The molecule has 1 aliphatic heterocycles. The van der Waals surface area contributed by atoms with Gasteiger partial charge in [0, 0.05) is 24.3 Å². The summed E-state index contributed by atoms with van der Waals surface area (Å²) in [5.74, 6) is 0. The van der Waals surface area contributed by atoms with Crippen molar-refractivity contribution in [2.45, 2.75) is 378 Å². The topological polar surface area (TPSA) is 57.4 Å². The SMILES string of the molecule is CC(C)(C)[Si](C)(C)OC1CCCCCCCCCCCCCCCCCCCCCCCCCCCCCCCCCCCCCCCCCCCCCCCC2(CC2)OC(c2ccncc2N)C1. The van der Waals surface area contributed by atoms with Gasteiger partial charge in [0.05, 0.1) is 23.6 Å². The van der Waals surface area contributed by atoms with E-state index in [1.54, 1.807) is 0 Å². The molecule has 1 saturated heterocycles. The third kappa shape index (κ3) is 32.8. The van der Waals surface area contributed by atoms with E-state index in [1.807, 2.05) is 12.4 Å². The number of pyridine rings is 1. The summed E-state index contributed by atoms with van der Waals surface area (Å²) in [4.78, 5) is 4.38. The molecule has 404 valence electrons. The van der Waals surface area contributed by atoms with E-state index in [0.29, 0.717) is 0 Å². The molecule has 1 aromatic heterocycles. The maximum absolute atomic E-state index is 7.29. The van der Waals surface area contributed by atoms with Crippen LogP contribution in [0, 0.1) is 0 Å². The van der Waals surface area contributed by atoms with Crippen LogP contribution in [0.15, 0.2) is 18.5 Å². The summed E-state index contributed by atoms with van der Waals surface area (Å²) in [6.07, 6.45) is 74.3. The van der Waals surface area contributed by atoms with Gasteiger partial charge in [-0.3, -0.25) is 4.98 Å². The first-order chi connectivity index (χ1) is 33.6. The van der Waals surface area contributed by atoms with Gasteiger partial charge < -0.3 is 14.9 Å². The number of aromatic nitrogens is 1. The van der Waals surface area contributed by atoms with Crippen molar-refractivity contribution in [3.8, 4) is 0 Å². The molecule has 2 fully saturated rings. The lowest BCUT2D eigenvalue weighted by Crippen LogP contribution is -2.44. The Morgan fingerprint density at radius 3 is 1.03 bits per heavy atom. The maximum Gasteiger partial charge on any atom is 0.192 e. The fraction of sp³-hybridized carbons (Fsp3) is 0.922. The van der Waals surface area contributed by atoms with Crippen LogP contribution in [-0.4, -0.2) is 25.0 Å². The van der Waals surface area contributed by atoms with Crippen molar-refractivity contribution in [2.75, 3.05) is 5.73 Å². The molecule has 0 radical (unpaired) electrons. The molecule has 69 heavy (non-hydrogen) atoms. The molecule has 2 heterocycles. The molecule has 0 amide bonds. The first kappa shape index (κ1) is 62.4. The van der Waals surface area contributed by atoms with Crippen molar-refractivity contribution < 1.29 is 9.16 Å². The maximum atomic E-state index is 7.29. The van der Waals surface area contributed by atoms with Gasteiger partial charge >= 0.3 is 0 Å². The molecule has 4 nitrogen and oxygen atoms in total. The molecule has 1 aliphatic carbocycles. The Bertz CT molecular complexity index is 1290. The number of nitrogens with two attached hydrogens (primary N) is 1. The first-order valence-electron chi connectivity index (χ1n) is 31.7. The second kappa shape index (κ2) is 40.5. The quantitative estimate of drug-likeness (QED) is 0.307. The zero-order valence-electron chi connectivity index (χ0n) is 47.6. The molecule has 5 heteroatoms. The van der Waals surface area contributed by atoms with E-state index in [-0.39, 0.29) is 22.8 Å². The Labute approximate surface area is 433 Å². The summed E-state index contributed by atoms with van der Waals surface area (Å²) in [5, 5.41) is 0.175. The second-order valence-corrected chi connectivity index (χ2v) is 29.7. The monoisotopic (exact) mass is 979 g/mol. The van der Waals surface area contributed by atoms with Crippen LogP contribution in [0.1, 0.15) is 353 Å². The lowest BCUT2D eigenvalue weighted by atomic mass is 9.98. The van der Waals surface area contributed by atoms with Crippen LogP contribution in [0.25, 0.3) is 0 Å². The number of nitrogen functional groups attached to an aromatic ring is 1. The zero-order chi connectivity index (χ0) is 49.4. The van der Waals surface area contributed by atoms with Crippen LogP contribution >= 0.6 is 0 Å². The van der Waals surface area contributed by atoms with Crippen LogP contribution in [0.5, 0.6) is 0 Å². The summed E-state index contributed by atoms with van der Waals surface area (Å²) in [5.41, 5.74) is 8.58. The van der Waals surface area contributed by atoms with Crippen LogP contribution in [0.4, 0.5) is 5.69 Å². The highest BCUT2D eigenvalue weighted by atomic mass is 28.4. The Morgan fingerprint density at radius 2 is 0.754 bits per heavy atom. The van der Waals surface area contributed by atoms with Gasteiger partial charge in [-0.25, -0.2) is 0 Å². The van der Waals surface area contributed by atoms with Gasteiger partial charge in [0.25, 0.3) is 0 Å². The summed E-state index contributed by atoms with van der Waals surface area (Å²) in [7, 11) is -1.97. The van der Waals surface area contributed by atoms with Crippen molar-refractivity contribution in [3.63, 3.8) is 0 Å². The molecule has 0 bridgehead atoms. The number of rotatable bonds is 3. The van der Waals surface area contributed by atoms with E-state index in [4.69, 9.17) is 14.9 Å². The van der Waals surface area contributed by atoms with Gasteiger partial charge in [-0.2, -0.15) is 0 Å². The smallest absolute Gasteiger partial charge is 0.192 e. The number of nitrogens with zero attached hydrogens (tertiary/aromatic N) is 1. The second-order valence-electron chi connectivity index (χ2n) is 25.0. The predicted octanol–water partition coefficient (Wildman–Crippen LogP) is 22.4. The Balaban J connectivity index is 1.40. The Morgan fingerprint density at radius 1 is 0.464 bits per heavy atom. The van der Waals surface area contributed by atoms with Gasteiger partial charge in [0.15, 0.2) is 8.32 Å². The van der Waals surface area contributed by atoms with E-state index in [2.05, 4.69) is 44.9 Å². The van der Waals surface area contributed by atoms with Crippen LogP contribution in [-0.2, 0) is 9.16 Å². The highest BCUT2D eigenvalue weighted by Gasteiger charge is 2.46. The third-order valence-corrected chi connectivity index (χ3v) is 21.9. The van der Waals surface area contributed by atoms with Crippen LogP contribution < -0.4 is 5.73 Å². The molecule has 3 rings (SSSR count). The summed E-state index contributed by atoms with van der Waals surface area (Å²) < 4.78 is 14.6. The Kier molecular flexibility index (Phi) is 36.6. The average Bonchev–Trinajstić information content (AvgIpc) is 4.09. The van der Waals surface area contributed by atoms with E-state index in [1.165, 1.54) is 308 Å². The summed E-state index contributed by atoms with van der Waals surface area (Å²) in [6.45, 7) is 12.0. The lowest BCUT2D eigenvalue weighted by molar-refractivity contribution is -0.0571. The van der Waals surface area contributed by atoms with Crippen molar-refractivity contribution in [1.82, 2.24) is 4.98 Å². The van der Waals surface area contributed by atoms with Crippen LogP contribution in [0.2, 0.25) is 18.1 Å². The minimum Gasteiger partial charge on any atom is -0.414 e. The van der Waals surface area contributed by atoms with Crippen molar-refractivity contribution in [1.29, 1.82) is 0 Å². The van der Waals surface area contributed by atoms with Gasteiger partial charge in [0.1, 0.15) is 0 Å². The molecule has 1 saturated carbocycles. The zero-order valence-corrected chi connectivity index (χ0v) is 48.6. The number of ether oxygens (including phenoxy) is 1. The minimum absolute atomic E-state index is 0.0174. The van der Waals surface area contributed by atoms with Crippen molar-refractivity contribution in [2.24, 2.45) is 0 Å². The summed E-state index contributed by atoms with van der Waals surface area (Å²) in [6, 6.07) is 2.12.